The first-order chi connectivity index (χ1) is 16.4. The maximum atomic E-state index is 13.3. The van der Waals surface area contributed by atoms with Gasteiger partial charge in [0, 0.05) is 16.0 Å². The molecule has 0 aliphatic carbocycles. The normalized spacial score (nSPS) is 10.8. The van der Waals surface area contributed by atoms with Crippen molar-refractivity contribution in [1.29, 1.82) is 0 Å². The van der Waals surface area contributed by atoms with Gasteiger partial charge in [0.2, 0.25) is 11.7 Å². The number of thioether (sulfide) groups is 1. The molecule has 0 radical (unpaired) electrons. The van der Waals surface area contributed by atoms with Gasteiger partial charge in [-0.1, -0.05) is 66.3 Å². The minimum atomic E-state index is -0.300. The topological polar surface area (TPSA) is 79.3 Å². The molecular weight excluding hydrogens is 488 g/mol. The molecule has 3 aromatic carbocycles. The number of nitrogens with one attached hydrogen (secondary N) is 1. The van der Waals surface area contributed by atoms with Gasteiger partial charge in [-0.2, -0.15) is 0 Å². The van der Waals surface area contributed by atoms with Crippen molar-refractivity contribution in [3.05, 3.63) is 93.8 Å². The van der Waals surface area contributed by atoms with E-state index in [4.69, 9.17) is 11.6 Å². The Bertz CT molecular complexity index is 1340. The van der Waals surface area contributed by atoms with E-state index in [1.807, 2.05) is 24.3 Å². The molecule has 172 valence electrons. The zero-order chi connectivity index (χ0) is 24.1. The highest BCUT2D eigenvalue weighted by Gasteiger charge is 2.23. The summed E-state index contributed by atoms with van der Waals surface area (Å²) in [4.78, 5) is 32.0. The number of rotatable bonds is 8. The van der Waals surface area contributed by atoms with Gasteiger partial charge in [0.05, 0.1) is 17.1 Å². The number of nitrogens with zero attached hydrogens (tertiary/aromatic N) is 1. The quantitative estimate of drug-likeness (QED) is 0.204. The summed E-state index contributed by atoms with van der Waals surface area (Å²) in [6, 6.07) is 21.1. The summed E-state index contributed by atoms with van der Waals surface area (Å²) in [5, 5.41) is 13.4. The number of benzene rings is 3. The molecule has 0 spiro atoms. The summed E-state index contributed by atoms with van der Waals surface area (Å²) < 4.78 is 0. The maximum absolute atomic E-state index is 13.3. The lowest BCUT2D eigenvalue weighted by Crippen LogP contribution is -2.14. The van der Waals surface area contributed by atoms with Gasteiger partial charge in [0.1, 0.15) is 10.6 Å². The van der Waals surface area contributed by atoms with Gasteiger partial charge < -0.3 is 10.4 Å². The van der Waals surface area contributed by atoms with Gasteiger partial charge in [-0.25, -0.2) is 4.98 Å². The van der Waals surface area contributed by atoms with Crippen LogP contribution in [-0.2, 0) is 11.2 Å². The number of hydrogen-bond acceptors (Lipinski definition) is 6. The Kier molecular flexibility index (Phi) is 7.67. The lowest BCUT2D eigenvalue weighted by Gasteiger charge is -2.04. The standard InChI is InChI=1S/C26H21ClN2O3S2/c1-2-33-19-12-10-16(11-13-19)14-22(31)28-26-29-23(17-6-5-7-18(30)15-17)25(34-26)24(32)20-8-3-4-9-21(20)27/h3-13,15,30H,2,14H2,1H3,(H,28,29,31). The molecule has 0 unspecified atom stereocenters. The molecule has 34 heavy (non-hydrogen) atoms. The van der Waals surface area contributed by atoms with E-state index in [9.17, 15) is 14.7 Å². The first kappa shape index (κ1) is 24.0. The van der Waals surface area contributed by atoms with E-state index in [0.717, 1.165) is 27.5 Å². The SMILES string of the molecule is CCSc1ccc(CC(=O)Nc2nc(-c3cccc(O)c3)c(C(=O)c3ccccc3Cl)s2)cc1. The van der Waals surface area contributed by atoms with E-state index < -0.39 is 0 Å². The van der Waals surface area contributed by atoms with Crippen molar-refractivity contribution in [2.75, 3.05) is 11.1 Å². The number of amides is 1. The average molecular weight is 509 g/mol. The Morgan fingerprint density at radius 2 is 1.82 bits per heavy atom. The zero-order valence-electron chi connectivity index (χ0n) is 18.2. The van der Waals surface area contributed by atoms with Gasteiger partial charge in [-0.15, -0.1) is 11.8 Å². The van der Waals surface area contributed by atoms with Crippen molar-refractivity contribution in [2.24, 2.45) is 0 Å². The van der Waals surface area contributed by atoms with Crippen molar-refractivity contribution >= 4 is 51.5 Å². The van der Waals surface area contributed by atoms with Gasteiger partial charge >= 0.3 is 0 Å². The molecule has 4 aromatic rings. The second-order valence-corrected chi connectivity index (χ2v) is 10.1. The van der Waals surface area contributed by atoms with E-state index in [0.29, 0.717) is 31.9 Å². The highest BCUT2D eigenvalue weighted by Crippen LogP contribution is 2.35. The van der Waals surface area contributed by atoms with Gasteiger partial charge in [-0.3, -0.25) is 9.59 Å². The van der Waals surface area contributed by atoms with Crippen LogP contribution in [0.3, 0.4) is 0 Å². The minimum absolute atomic E-state index is 0.0527. The van der Waals surface area contributed by atoms with Gasteiger partial charge in [0.15, 0.2) is 5.13 Å². The molecule has 1 amide bonds. The third kappa shape index (κ3) is 5.67. The van der Waals surface area contributed by atoms with Crippen LogP contribution in [0.1, 0.15) is 27.7 Å². The van der Waals surface area contributed by atoms with Crippen LogP contribution in [0.5, 0.6) is 5.75 Å². The number of thiazole rings is 1. The van der Waals surface area contributed by atoms with Crippen LogP contribution in [0.25, 0.3) is 11.3 Å². The van der Waals surface area contributed by atoms with Crippen LogP contribution in [0, 0.1) is 0 Å². The fourth-order valence-corrected chi connectivity index (χ4v) is 5.20. The van der Waals surface area contributed by atoms with Crippen LogP contribution in [0.2, 0.25) is 5.02 Å². The third-order valence-electron chi connectivity index (χ3n) is 4.92. The number of aromatic hydroxyl groups is 1. The molecule has 0 saturated heterocycles. The lowest BCUT2D eigenvalue weighted by molar-refractivity contribution is -0.115. The Morgan fingerprint density at radius 1 is 1.06 bits per heavy atom. The summed E-state index contributed by atoms with van der Waals surface area (Å²) in [5.41, 5.74) is 2.17. The highest BCUT2D eigenvalue weighted by atomic mass is 35.5. The number of carbonyl (C=O) groups excluding carboxylic acids is 2. The van der Waals surface area contributed by atoms with E-state index in [2.05, 4.69) is 17.2 Å². The average Bonchev–Trinajstić information content (AvgIpc) is 3.24. The van der Waals surface area contributed by atoms with Crippen molar-refractivity contribution in [1.82, 2.24) is 4.98 Å². The van der Waals surface area contributed by atoms with E-state index >= 15 is 0 Å². The largest absolute Gasteiger partial charge is 0.508 e. The lowest BCUT2D eigenvalue weighted by atomic mass is 10.0. The molecular formula is C26H21ClN2O3S2. The van der Waals surface area contributed by atoms with Crippen molar-refractivity contribution in [3.63, 3.8) is 0 Å². The third-order valence-corrected chi connectivity index (χ3v) is 7.11. The molecule has 5 nitrogen and oxygen atoms in total. The molecule has 0 fully saturated rings. The monoisotopic (exact) mass is 508 g/mol. The number of phenolic OH excluding ortho intramolecular Hbond substituents is 1. The number of ketones is 1. The maximum Gasteiger partial charge on any atom is 0.230 e. The van der Waals surface area contributed by atoms with E-state index in [-0.39, 0.29) is 23.9 Å². The number of anilines is 1. The van der Waals surface area contributed by atoms with E-state index in [1.54, 1.807) is 54.2 Å². The summed E-state index contributed by atoms with van der Waals surface area (Å²) in [5.74, 6) is 0.507. The first-order valence-corrected chi connectivity index (χ1v) is 12.7. The molecule has 0 bridgehead atoms. The summed E-state index contributed by atoms with van der Waals surface area (Å²) in [6.07, 6.45) is 0.186. The summed E-state index contributed by atoms with van der Waals surface area (Å²) >= 11 is 9.08. The first-order valence-electron chi connectivity index (χ1n) is 10.6. The molecule has 0 aliphatic heterocycles. The fraction of sp³-hybridized carbons (Fsp3) is 0.115. The highest BCUT2D eigenvalue weighted by molar-refractivity contribution is 7.99. The van der Waals surface area contributed by atoms with Gasteiger partial charge in [-0.05, 0) is 47.7 Å². The van der Waals surface area contributed by atoms with Crippen LogP contribution < -0.4 is 5.32 Å². The molecule has 1 heterocycles. The summed E-state index contributed by atoms with van der Waals surface area (Å²) in [6.45, 7) is 2.09. The minimum Gasteiger partial charge on any atom is -0.508 e. The van der Waals surface area contributed by atoms with Crippen LogP contribution in [0.4, 0.5) is 5.13 Å². The second kappa shape index (κ2) is 10.9. The van der Waals surface area contributed by atoms with Crippen molar-refractivity contribution in [3.8, 4) is 17.0 Å². The van der Waals surface area contributed by atoms with Crippen LogP contribution in [0.15, 0.2) is 77.7 Å². The molecule has 0 saturated carbocycles. The number of hydrogen-bond donors (Lipinski definition) is 2. The van der Waals surface area contributed by atoms with Crippen molar-refractivity contribution < 1.29 is 14.7 Å². The smallest absolute Gasteiger partial charge is 0.230 e. The Morgan fingerprint density at radius 3 is 2.53 bits per heavy atom. The number of aromatic nitrogens is 1. The predicted molar refractivity (Wildman–Crippen MR) is 139 cm³/mol. The fourth-order valence-electron chi connectivity index (χ4n) is 3.36. The predicted octanol–water partition coefficient (Wildman–Crippen LogP) is 6.69. The molecule has 1 aromatic heterocycles. The van der Waals surface area contributed by atoms with Crippen LogP contribution in [-0.4, -0.2) is 27.5 Å². The molecule has 0 aliphatic rings. The number of phenols is 1. The second-order valence-electron chi connectivity index (χ2n) is 7.36. The van der Waals surface area contributed by atoms with E-state index in [1.165, 1.54) is 6.07 Å². The molecule has 4 rings (SSSR count). The van der Waals surface area contributed by atoms with Gasteiger partial charge in [0.25, 0.3) is 0 Å². The Balaban J connectivity index is 1.62. The number of halogens is 1. The Hall–Kier alpha value is -3.13. The molecule has 2 N–H and O–H groups in total. The summed E-state index contributed by atoms with van der Waals surface area (Å²) in [7, 11) is 0. The Labute approximate surface area is 210 Å². The van der Waals surface area contributed by atoms with Crippen LogP contribution >= 0.6 is 34.7 Å². The van der Waals surface area contributed by atoms with Crippen molar-refractivity contribution in [2.45, 2.75) is 18.2 Å². The zero-order valence-corrected chi connectivity index (χ0v) is 20.6. The molecule has 8 heteroatoms. The molecule has 0 atom stereocenters. The number of carbonyl (C=O) groups is 2.